The van der Waals surface area contributed by atoms with E-state index in [2.05, 4.69) is 4.98 Å². The third-order valence-corrected chi connectivity index (χ3v) is 2.99. The van der Waals surface area contributed by atoms with Crippen LogP contribution in [0.3, 0.4) is 0 Å². The Bertz CT molecular complexity index is 335. The Kier molecular flexibility index (Phi) is 1.67. The van der Waals surface area contributed by atoms with Gasteiger partial charge in [-0.25, -0.2) is 4.39 Å². The van der Waals surface area contributed by atoms with Gasteiger partial charge in [0.1, 0.15) is 5.82 Å². The molecule has 0 amide bonds. The first-order valence-electron chi connectivity index (χ1n) is 4.41. The highest BCUT2D eigenvalue weighted by atomic mass is 19.1. The first-order chi connectivity index (χ1) is 6.05. The van der Waals surface area contributed by atoms with Gasteiger partial charge >= 0.3 is 0 Å². The number of halogens is 1. The van der Waals surface area contributed by atoms with Gasteiger partial charge in [0.15, 0.2) is 0 Å². The molecule has 1 aromatic rings. The quantitative estimate of drug-likeness (QED) is 0.714. The van der Waals surface area contributed by atoms with Gasteiger partial charge in [-0.1, -0.05) is 13.8 Å². The SMILES string of the molecule is CC1(C)C(N)C1c1ncccc1F. The fourth-order valence-corrected chi connectivity index (χ4v) is 1.83. The first kappa shape index (κ1) is 8.63. The molecular weight excluding hydrogens is 167 g/mol. The van der Waals surface area contributed by atoms with E-state index in [-0.39, 0.29) is 23.2 Å². The number of nitrogens with zero attached hydrogens (tertiary/aromatic N) is 1. The molecule has 2 unspecified atom stereocenters. The minimum absolute atomic E-state index is 0.00477. The number of hydrogen-bond acceptors (Lipinski definition) is 2. The van der Waals surface area contributed by atoms with Crippen LogP contribution in [0, 0.1) is 11.2 Å². The van der Waals surface area contributed by atoms with Crippen LogP contribution in [0.15, 0.2) is 18.3 Å². The molecule has 1 heterocycles. The van der Waals surface area contributed by atoms with Crippen molar-refractivity contribution in [3.63, 3.8) is 0 Å². The lowest BCUT2D eigenvalue weighted by atomic mass is 10.1. The van der Waals surface area contributed by atoms with Crippen molar-refractivity contribution in [1.82, 2.24) is 4.98 Å². The molecule has 1 saturated carbocycles. The molecule has 0 radical (unpaired) electrons. The predicted octanol–water partition coefficient (Wildman–Crippen LogP) is 1.67. The maximum absolute atomic E-state index is 13.3. The normalized spacial score (nSPS) is 30.2. The Labute approximate surface area is 77.0 Å². The van der Waals surface area contributed by atoms with Crippen LogP contribution in [0.1, 0.15) is 25.5 Å². The third kappa shape index (κ3) is 1.15. The molecule has 0 aliphatic heterocycles. The van der Waals surface area contributed by atoms with Gasteiger partial charge in [0, 0.05) is 18.2 Å². The largest absolute Gasteiger partial charge is 0.327 e. The van der Waals surface area contributed by atoms with Crippen LogP contribution < -0.4 is 5.73 Å². The minimum atomic E-state index is -0.242. The number of aromatic nitrogens is 1. The molecule has 1 aliphatic carbocycles. The van der Waals surface area contributed by atoms with E-state index < -0.39 is 0 Å². The Morgan fingerprint density at radius 3 is 2.62 bits per heavy atom. The number of rotatable bonds is 1. The second-order valence-corrected chi connectivity index (χ2v) is 4.20. The molecule has 0 aromatic carbocycles. The standard InChI is InChI=1S/C10H13FN2/c1-10(2)7(9(10)12)8-6(11)4-3-5-13-8/h3-5,7,9H,12H2,1-2H3. The molecule has 0 spiro atoms. The number of nitrogens with two attached hydrogens (primary N) is 1. The Morgan fingerprint density at radius 2 is 2.15 bits per heavy atom. The van der Waals surface area contributed by atoms with Crippen molar-refractivity contribution in [2.75, 3.05) is 0 Å². The summed E-state index contributed by atoms with van der Waals surface area (Å²) < 4.78 is 13.3. The number of pyridine rings is 1. The molecule has 1 fully saturated rings. The summed E-state index contributed by atoms with van der Waals surface area (Å²) in [6.45, 7) is 4.08. The number of hydrogen-bond donors (Lipinski definition) is 1. The topological polar surface area (TPSA) is 38.9 Å². The lowest BCUT2D eigenvalue weighted by molar-refractivity contribution is 0.561. The molecule has 2 rings (SSSR count). The second-order valence-electron chi connectivity index (χ2n) is 4.20. The van der Waals surface area contributed by atoms with Gasteiger partial charge in [-0.15, -0.1) is 0 Å². The molecular formula is C10H13FN2. The van der Waals surface area contributed by atoms with Crippen molar-refractivity contribution in [1.29, 1.82) is 0 Å². The van der Waals surface area contributed by atoms with E-state index in [0.717, 1.165) is 0 Å². The first-order valence-corrected chi connectivity index (χ1v) is 4.41. The van der Waals surface area contributed by atoms with E-state index in [1.54, 1.807) is 12.3 Å². The van der Waals surface area contributed by atoms with Crippen LogP contribution in [0.2, 0.25) is 0 Å². The van der Waals surface area contributed by atoms with Crippen molar-refractivity contribution in [3.8, 4) is 0 Å². The Balaban J connectivity index is 2.34. The predicted molar refractivity (Wildman–Crippen MR) is 48.7 cm³/mol. The average molecular weight is 180 g/mol. The van der Waals surface area contributed by atoms with Crippen molar-refractivity contribution in [3.05, 3.63) is 29.8 Å². The highest BCUT2D eigenvalue weighted by Gasteiger charge is 2.57. The summed E-state index contributed by atoms with van der Waals surface area (Å²) in [5.41, 5.74) is 6.35. The van der Waals surface area contributed by atoms with Crippen molar-refractivity contribution in [2.24, 2.45) is 11.1 Å². The summed E-state index contributed by atoms with van der Waals surface area (Å²) >= 11 is 0. The van der Waals surface area contributed by atoms with Crippen LogP contribution >= 0.6 is 0 Å². The van der Waals surface area contributed by atoms with Crippen LogP contribution in [0.4, 0.5) is 4.39 Å². The van der Waals surface area contributed by atoms with Gasteiger partial charge in [-0.3, -0.25) is 4.98 Å². The van der Waals surface area contributed by atoms with Gasteiger partial charge in [0.05, 0.1) is 5.69 Å². The van der Waals surface area contributed by atoms with Crippen molar-refractivity contribution >= 4 is 0 Å². The fraction of sp³-hybridized carbons (Fsp3) is 0.500. The molecule has 3 heteroatoms. The summed E-state index contributed by atoms with van der Waals surface area (Å²) in [5, 5.41) is 0. The maximum atomic E-state index is 13.3. The molecule has 1 aliphatic rings. The van der Waals surface area contributed by atoms with Gasteiger partial charge in [0.25, 0.3) is 0 Å². The summed E-state index contributed by atoms with van der Waals surface area (Å²) in [6, 6.07) is 3.07. The van der Waals surface area contributed by atoms with Crippen LogP contribution in [0.25, 0.3) is 0 Å². The molecule has 70 valence electrons. The van der Waals surface area contributed by atoms with Gasteiger partial charge in [0.2, 0.25) is 0 Å². The van der Waals surface area contributed by atoms with Crippen molar-refractivity contribution in [2.45, 2.75) is 25.8 Å². The highest BCUT2D eigenvalue weighted by molar-refractivity contribution is 5.29. The summed E-state index contributed by atoms with van der Waals surface area (Å²) in [7, 11) is 0. The monoisotopic (exact) mass is 180 g/mol. The molecule has 2 atom stereocenters. The van der Waals surface area contributed by atoms with Crippen LogP contribution in [-0.2, 0) is 0 Å². The summed E-state index contributed by atoms with van der Waals surface area (Å²) in [4.78, 5) is 4.03. The van der Waals surface area contributed by atoms with E-state index in [1.165, 1.54) is 6.07 Å². The van der Waals surface area contributed by atoms with E-state index in [1.807, 2.05) is 13.8 Å². The molecule has 2 N–H and O–H groups in total. The van der Waals surface area contributed by atoms with Crippen LogP contribution in [-0.4, -0.2) is 11.0 Å². The van der Waals surface area contributed by atoms with Gasteiger partial charge < -0.3 is 5.73 Å². The molecule has 13 heavy (non-hydrogen) atoms. The highest BCUT2D eigenvalue weighted by Crippen LogP contribution is 2.57. The van der Waals surface area contributed by atoms with Crippen molar-refractivity contribution < 1.29 is 4.39 Å². The minimum Gasteiger partial charge on any atom is -0.327 e. The van der Waals surface area contributed by atoms with E-state index in [4.69, 9.17) is 5.73 Å². The Morgan fingerprint density at radius 1 is 1.54 bits per heavy atom. The smallest absolute Gasteiger partial charge is 0.145 e. The molecule has 0 saturated heterocycles. The lowest BCUT2D eigenvalue weighted by Gasteiger charge is -2.02. The summed E-state index contributed by atoms with van der Waals surface area (Å²) in [6.07, 6.45) is 1.61. The second kappa shape index (κ2) is 2.51. The fourth-order valence-electron chi connectivity index (χ4n) is 1.83. The van der Waals surface area contributed by atoms with Crippen LogP contribution in [0.5, 0.6) is 0 Å². The molecule has 2 nitrogen and oxygen atoms in total. The van der Waals surface area contributed by atoms with E-state index in [0.29, 0.717) is 5.69 Å². The third-order valence-electron chi connectivity index (χ3n) is 2.99. The Hall–Kier alpha value is -0.960. The lowest BCUT2D eigenvalue weighted by Crippen LogP contribution is -2.06. The molecule has 1 aromatic heterocycles. The zero-order chi connectivity index (χ0) is 9.64. The van der Waals surface area contributed by atoms with Gasteiger partial charge in [-0.2, -0.15) is 0 Å². The molecule has 0 bridgehead atoms. The van der Waals surface area contributed by atoms with E-state index in [9.17, 15) is 4.39 Å². The average Bonchev–Trinajstić information content (AvgIpc) is 2.54. The zero-order valence-corrected chi connectivity index (χ0v) is 7.79. The van der Waals surface area contributed by atoms with E-state index >= 15 is 0 Å². The maximum Gasteiger partial charge on any atom is 0.145 e. The summed E-state index contributed by atoms with van der Waals surface area (Å²) in [5.74, 6) is -0.165. The zero-order valence-electron chi connectivity index (χ0n) is 7.79. The van der Waals surface area contributed by atoms with Gasteiger partial charge in [-0.05, 0) is 17.5 Å².